The van der Waals surface area contributed by atoms with Crippen molar-refractivity contribution >= 4 is 5.97 Å². The SMILES string of the molecule is CC1CCC(OC(=O)C2CCC(C3CCC(O)CC3)CC2)C(O)C1. The van der Waals surface area contributed by atoms with Gasteiger partial charge in [-0.15, -0.1) is 0 Å². The van der Waals surface area contributed by atoms with Gasteiger partial charge in [0.1, 0.15) is 6.10 Å². The molecule has 0 bridgehead atoms. The van der Waals surface area contributed by atoms with Crippen molar-refractivity contribution in [2.45, 2.75) is 95.9 Å². The fraction of sp³-hybridized carbons (Fsp3) is 0.950. The zero-order valence-electron chi connectivity index (χ0n) is 15.0. The first-order valence-electron chi connectivity index (χ1n) is 10.1. The minimum atomic E-state index is -0.484. The number of carbonyl (C=O) groups excluding carboxylic acids is 1. The Morgan fingerprint density at radius 1 is 0.833 bits per heavy atom. The van der Waals surface area contributed by atoms with Crippen LogP contribution in [0.15, 0.2) is 0 Å². The molecule has 3 rings (SSSR count). The van der Waals surface area contributed by atoms with Crippen LogP contribution < -0.4 is 0 Å². The highest BCUT2D eigenvalue weighted by Crippen LogP contribution is 2.40. The summed E-state index contributed by atoms with van der Waals surface area (Å²) in [4.78, 5) is 12.5. The monoisotopic (exact) mass is 338 g/mol. The Kier molecular flexibility index (Phi) is 6.20. The van der Waals surface area contributed by atoms with Crippen molar-refractivity contribution in [3.05, 3.63) is 0 Å². The lowest BCUT2D eigenvalue weighted by molar-refractivity contribution is -0.165. The average Bonchev–Trinajstić information content (AvgIpc) is 2.58. The molecule has 0 radical (unpaired) electrons. The fourth-order valence-corrected chi connectivity index (χ4v) is 5.11. The van der Waals surface area contributed by atoms with Gasteiger partial charge >= 0.3 is 5.97 Å². The first-order valence-corrected chi connectivity index (χ1v) is 10.1. The molecule has 4 nitrogen and oxygen atoms in total. The molecule has 0 aliphatic heterocycles. The summed E-state index contributed by atoms with van der Waals surface area (Å²) in [6, 6.07) is 0. The lowest BCUT2D eigenvalue weighted by Crippen LogP contribution is -2.39. The first kappa shape index (κ1) is 18.2. The van der Waals surface area contributed by atoms with Gasteiger partial charge in [0.05, 0.1) is 18.1 Å². The molecule has 0 aromatic carbocycles. The van der Waals surface area contributed by atoms with Gasteiger partial charge in [0.25, 0.3) is 0 Å². The van der Waals surface area contributed by atoms with E-state index in [9.17, 15) is 15.0 Å². The molecule has 3 saturated carbocycles. The average molecular weight is 338 g/mol. The van der Waals surface area contributed by atoms with Crippen LogP contribution >= 0.6 is 0 Å². The third-order valence-corrected chi connectivity index (χ3v) is 6.80. The van der Waals surface area contributed by atoms with E-state index in [4.69, 9.17) is 4.74 Å². The second kappa shape index (κ2) is 8.18. The van der Waals surface area contributed by atoms with E-state index in [1.807, 2.05) is 0 Å². The van der Waals surface area contributed by atoms with Gasteiger partial charge in [0.2, 0.25) is 0 Å². The third kappa shape index (κ3) is 4.51. The maximum absolute atomic E-state index is 12.5. The summed E-state index contributed by atoms with van der Waals surface area (Å²) in [5.74, 6) is 1.95. The zero-order chi connectivity index (χ0) is 17.1. The van der Waals surface area contributed by atoms with Crippen molar-refractivity contribution in [2.24, 2.45) is 23.7 Å². The van der Waals surface area contributed by atoms with Crippen LogP contribution in [-0.4, -0.2) is 34.5 Å². The number of esters is 1. The van der Waals surface area contributed by atoms with E-state index in [2.05, 4.69) is 6.92 Å². The molecular formula is C20H34O4. The second-order valence-electron chi connectivity index (χ2n) is 8.64. The van der Waals surface area contributed by atoms with Crippen LogP contribution in [0.5, 0.6) is 0 Å². The zero-order valence-corrected chi connectivity index (χ0v) is 15.0. The molecule has 3 fully saturated rings. The second-order valence-corrected chi connectivity index (χ2v) is 8.64. The van der Waals surface area contributed by atoms with Crippen LogP contribution in [0.3, 0.4) is 0 Å². The Morgan fingerprint density at radius 3 is 2.00 bits per heavy atom. The number of hydrogen-bond acceptors (Lipinski definition) is 4. The highest BCUT2D eigenvalue weighted by Gasteiger charge is 2.36. The Labute approximate surface area is 146 Å². The van der Waals surface area contributed by atoms with E-state index >= 15 is 0 Å². The van der Waals surface area contributed by atoms with Crippen molar-refractivity contribution in [2.75, 3.05) is 0 Å². The molecule has 0 aromatic heterocycles. The van der Waals surface area contributed by atoms with Gasteiger partial charge < -0.3 is 14.9 Å². The van der Waals surface area contributed by atoms with Crippen LogP contribution in [0.2, 0.25) is 0 Å². The molecule has 0 amide bonds. The molecule has 0 aromatic rings. The summed E-state index contributed by atoms with van der Waals surface area (Å²) in [6.45, 7) is 2.15. The molecule has 24 heavy (non-hydrogen) atoms. The molecule has 138 valence electrons. The Morgan fingerprint density at radius 2 is 1.42 bits per heavy atom. The van der Waals surface area contributed by atoms with Gasteiger partial charge in [-0.2, -0.15) is 0 Å². The molecule has 4 heteroatoms. The standard InChI is InChI=1S/C20H34O4/c1-13-2-11-19(18(22)12-13)24-20(23)16-5-3-14(4-6-16)15-7-9-17(21)10-8-15/h13-19,21-22H,2-12H2,1H3. The summed E-state index contributed by atoms with van der Waals surface area (Å²) in [5, 5.41) is 19.8. The summed E-state index contributed by atoms with van der Waals surface area (Å²) >= 11 is 0. The predicted octanol–water partition coefficient (Wildman–Crippen LogP) is 3.44. The number of ether oxygens (including phenoxy) is 1. The van der Waals surface area contributed by atoms with Crippen molar-refractivity contribution in [1.82, 2.24) is 0 Å². The van der Waals surface area contributed by atoms with E-state index in [1.165, 1.54) is 0 Å². The molecule has 3 aliphatic rings. The summed E-state index contributed by atoms with van der Waals surface area (Å²) in [6.07, 6.45) is 10.0. The van der Waals surface area contributed by atoms with E-state index < -0.39 is 6.10 Å². The van der Waals surface area contributed by atoms with E-state index in [1.54, 1.807) is 0 Å². The minimum Gasteiger partial charge on any atom is -0.459 e. The maximum Gasteiger partial charge on any atom is 0.309 e. The highest BCUT2D eigenvalue weighted by atomic mass is 16.6. The van der Waals surface area contributed by atoms with Gasteiger partial charge in [-0.05, 0) is 88.4 Å². The number of aliphatic hydroxyl groups is 2. The van der Waals surface area contributed by atoms with Crippen molar-refractivity contribution in [1.29, 1.82) is 0 Å². The number of carbonyl (C=O) groups is 1. The molecule has 0 spiro atoms. The molecule has 3 aliphatic carbocycles. The summed E-state index contributed by atoms with van der Waals surface area (Å²) in [5.41, 5.74) is 0. The van der Waals surface area contributed by atoms with Gasteiger partial charge in [0, 0.05) is 0 Å². The Balaban J connectivity index is 1.42. The lowest BCUT2D eigenvalue weighted by Gasteiger charge is -2.37. The summed E-state index contributed by atoms with van der Waals surface area (Å²) in [7, 11) is 0. The van der Waals surface area contributed by atoms with Crippen LogP contribution in [0.4, 0.5) is 0 Å². The van der Waals surface area contributed by atoms with Crippen LogP contribution in [0.25, 0.3) is 0 Å². The van der Waals surface area contributed by atoms with Crippen molar-refractivity contribution in [3.8, 4) is 0 Å². The molecule has 3 unspecified atom stereocenters. The smallest absolute Gasteiger partial charge is 0.309 e. The fourth-order valence-electron chi connectivity index (χ4n) is 5.11. The van der Waals surface area contributed by atoms with Crippen LogP contribution in [0.1, 0.15) is 77.6 Å². The van der Waals surface area contributed by atoms with Gasteiger partial charge in [-0.1, -0.05) is 6.92 Å². The quantitative estimate of drug-likeness (QED) is 0.774. The van der Waals surface area contributed by atoms with Gasteiger partial charge in [-0.3, -0.25) is 4.79 Å². The maximum atomic E-state index is 12.5. The highest BCUT2D eigenvalue weighted by molar-refractivity contribution is 5.72. The van der Waals surface area contributed by atoms with Crippen molar-refractivity contribution in [3.63, 3.8) is 0 Å². The number of aliphatic hydroxyl groups excluding tert-OH is 2. The number of rotatable bonds is 3. The Hall–Kier alpha value is -0.610. The molecule has 2 N–H and O–H groups in total. The predicted molar refractivity (Wildman–Crippen MR) is 92.3 cm³/mol. The third-order valence-electron chi connectivity index (χ3n) is 6.80. The molecular weight excluding hydrogens is 304 g/mol. The Bertz CT molecular complexity index is 408. The van der Waals surface area contributed by atoms with Crippen LogP contribution in [-0.2, 0) is 9.53 Å². The topological polar surface area (TPSA) is 66.8 Å². The first-order chi connectivity index (χ1) is 11.5. The van der Waals surface area contributed by atoms with Gasteiger partial charge in [0.15, 0.2) is 0 Å². The van der Waals surface area contributed by atoms with E-state index in [-0.39, 0.29) is 24.1 Å². The van der Waals surface area contributed by atoms with E-state index in [0.29, 0.717) is 5.92 Å². The molecule has 0 heterocycles. The van der Waals surface area contributed by atoms with E-state index in [0.717, 1.165) is 82.5 Å². The largest absolute Gasteiger partial charge is 0.459 e. The molecule has 3 atom stereocenters. The lowest BCUT2D eigenvalue weighted by atomic mass is 9.70. The number of hydrogen-bond donors (Lipinski definition) is 2. The normalized spacial score (nSPS) is 44.0. The van der Waals surface area contributed by atoms with Gasteiger partial charge in [-0.25, -0.2) is 0 Å². The minimum absolute atomic E-state index is 0.0296. The van der Waals surface area contributed by atoms with Crippen molar-refractivity contribution < 1.29 is 19.7 Å². The summed E-state index contributed by atoms with van der Waals surface area (Å²) < 4.78 is 5.66. The molecule has 0 saturated heterocycles. The van der Waals surface area contributed by atoms with Crippen LogP contribution in [0, 0.1) is 23.7 Å².